The average Bonchev–Trinajstić information content (AvgIpc) is 2.61. The van der Waals surface area contributed by atoms with Crippen LogP contribution in [0.2, 0.25) is 0 Å². The second-order valence-corrected chi connectivity index (χ2v) is 5.63. The van der Waals surface area contributed by atoms with Gasteiger partial charge in [-0.25, -0.2) is 0 Å². The zero-order valence-electron chi connectivity index (χ0n) is 13.1. The maximum absolute atomic E-state index is 12.8. The molecule has 0 aliphatic rings. The Balaban J connectivity index is 1.91. The van der Waals surface area contributed by atoms with Gasteiger partial charge in [-0.05, 0) is 22.4 Å². The zero-order valence-corrected chi connectivity index (χ0v) is 13.1. The third-order valence-electron chi connectivity index (χ3n) is 3.95. The molecule has 0 radical (unpaired) electrons. The minimum Gasteiger partial charge on any atom is -0.370 e. The van der Waals surface area contributed by atoms with Gasteiger partial charge >= 0.3 is 0 Å². The largest absolute Gasteiger partial charge is 0.370 e. The van der Waals surface area contributed by atoms with Crippen molar-refractivity contribution in [3.8, 4) is 0 Å². The van der Waals surface area contributed by atoms with Gasteiger partial charge in [-0.1, -0.05) is 66.7 Å². The van der Waals surface area contributed by atoms with E-state index in [0.29, 0.717) is 5.56 Å². The molecule has 0 fully saturated rings. The average molecular weight is 318 g/mol. The zero-order chi connectivity index (χ0) is 16.9. The first kappa shape index (κ1) is 15.7. The predicted molar refractivity (Wildman–Crippen MR) is 94.4 cm³/mol. The number of rotatable bonds is 5. The summed E-state index contributed by atoms with van der Waals surface area (Å²) >= 11 is 0. The first-order valence-corrected chi connectivity index (χ1v) is 7.77. The van der Waals surface area contributed by atoms with Crippen molar-refractivity contribution >= 4 is 22.6 Å². The van der Waals surface area contributed by atoms with E-state index in [0.717, 1.165) is 16.3 Å². The number of carbonyl (C=O) groups excluding carboxylic acids is 2. The van der Waals surface area contributed by atoms with Gasteiger partial charge in [0.1, 0.15) is 0 Å². The molecular weight excluding hydrogens is 300 g/mol. The quantitative estimate of drug-likeness (QED) is 0.758. The fourth-order valence-electron chi connectivity index (χ4n) is 2.80. The second-order valence-electron chi connectivity index (χ2n) is 5.63. The Morgan fingerprint density at radius 2 is 1.54 bits per heavy atom. The molecule has 0 saturated heterocycles. The fourth-order valence-corrected chi connectivity index (χ4v) is 2.80. The van der Waals surface area contributed by atoms with E-state index < -0.39 is 11.9 Å². The summed E-state index contributed by atoms with van der Waals surface area (Å²) in [4.78, 5) is 24.1. The molecule has 1 atom stereocenters. The fraction of sp³-hybridized carbons (Fsp3) is 0.100. The number of primary amides is 1. The lowest BCUT2D eigenvalue weighted by Crippen LogP contribution is -2.31. The maximum Gasteiger partial charge on any atom is 0.252 e. The number of nitrogens with one attached hydrogen (secondary N) is 1. The van der Waals surface area contributed by atoms with Gasteiger partial charge in [-0.15, -0.1) is 0 Å². The van der Waals surface area contributed by atoms with Gasteiger partial charge < -0.3 is 11.1 Å². The highest BCUT2D eigenvalue weighted by Gasteiger charge is 2.19. The van der Waals surface area contributed by atoms with Crippen LogP contribution in [0.25, 0.3) is 10.8 Å². The standard InChI is InChI=1S/C20H18N2O2/c21-19(23)13-18(15-8-2-1-3-9-15)22-20(24)17-12-6-10-14-7-4-5-11-16(14)17/h1-12,18H,13H2,(H2,21,23)(H,22,24)/t18-/m1/s1. The highest BCUT2D eigenvalue weighted by atomic mass is 16.2. The number of hydrogen-bond donors (Lipinski definition) is 2. The van der Waals surface area contributed by atoms with Crippen molar-refractivity contribution in [2.45, 2.75) is 12.5 Å². The van der Waals surface area contributed by atoms with E-state index in [9.17, 15) is 9.59 Å². The number of amides is 2. The topological polar surface area (TPSA) is 72.2 Å². The van der Waals surface area contributed by atoms with Crippen LogP contribution in [0.15, 0.2) is 72.8 Å². The minimum absolute atomic E-state index is 0.0561. The summed E-state index contributed by atoms with van der Waals surface area (Å²) in [5, 5.41) is 4.81. The van der Waals surface area contributed by atoms with E-state index in [1.54, 1.807) is 6.07 Å². The van der Waals surface area contributed by atoms with E-state index in [-0.39, 0.29) is 12.3 Å². The molecule has 0 heterocycles. The molecule has 0 spiro atoms. The molecule has 24 heavy (non-hydrogen) atoms. The molecule has 0 aromatic heterocycles. The molecule has 0 aliphatic heterocycles. The van der Waals surface area contributed by atoms with E-state index in [4.69, 9.17) is 5.73 Å². The van der Waals surface area contributed by atoms with Crippen LogP contribution in [-0.4, -0.2) is 11.8 Å². The van der Waals surface area contributed by atoms with Gasteiger partial charge in [0.05, 0.1) is 12.5 Å². The van der Waals surface area contributed by atoms with Crippen molar-refractivity contribution in [3.05, 3.63) is 83.9 Å². The Hall–Kier alpha value is -3.14. The lowest BCUT2D eigenvalue weighted by molar-refractivity contribution is -0.118. The number of benzene rings is 3. The Morgan fingerprint density at radius 1 is 0.875 bits per heavy atom. The van der Waals surface area contributed by atoms with Crippen LogP contribution in [0, 0.1) is 0 Å². The molecule has 3 aromatic rings. The monoisotopic (exact) mass is 318 g/mol. The molecule has 0 bridgehead atoms. The summed E-state index contributed by atoms with van der Waals surface area (Å²) in [6.45, 7) is 0. The van der Waals surface area contributed by atoms with E-state index in [2.05, 4.69) is 5.32 Å². The van der Waals surface area contributed by atoms with Crippen LogP contribution in [0.5, 0.6) is 0 Å². The maximum atomic E-state index is 12.8. The normalized spacial score (nSPS) is 11.8. The molecule has 3 aromatic carbocycles. The van der Waals surface area contributed by atoms with Gasteiger partial charge in [-0.3, -0.25) is 9.59 Å². The van der Waals surface area contributed by atoms with Crippen LogP contribution < -0.4 is 11.1 Å². The lowest BCUT2D eigenvalue weighted by Gasteiger charge is -2.18. The van der Waals surface area contributed by atoms with E-state index >= 15 is 0 Å². The van der Waals surface area contributed by atoms with Gasteiger partial charge in [0, 0.05) is 5.56 Å². The first-order valence-electron chi connectivity index (χ1n) is 7.77. The summed E-state index contributed by atoms with van der Waals surface area (Å²) < 4.78 is 0. The molecule has 2 amide bonds. The molecule has 3 rings (SSSR count). The van der Waals surface area contributed by atoms with Crippen molar-refractivity contribution in [2.75, 3.05) is 0 Å². The summed E-state index contributed by atoms with van der Waals surface area (Å²) in [5.74, 6) is -0.677. The first-order chi connectivity index (χ1) is 11.6. The number of hydrogen-bond acceptors (Lipinski definition) is 2. The van der Waals surface area contributed by atoms with Crippen molar-refractivity contribution in [1.82, 2.24) is 5.32 Å². The Labute approximate surface area is 140 Å². The minimum atomic E-state index is -0.456. The summed E-state index contributed by atoms with van der Waals surface area (Å²) in [5.41, 5.74) is 6.78. The molecule has 4 heteroatoms. The molecular formula is C20H18N2O2. The number of carbonyl (C=O) groups is 2. The molecule has 120 valence electrons. The predicted octanol–water partition coefficient (Wildman–Crippen LogP) is 3.19. The van der Waals surface area contributed by atoms with Gasteiger partial charge in [-0.2, -0.15) is 0 Å². The van der Waals surface area contributed by atoms with Gasteiger partial charge in [0.25, 0.3) is 5.91 Å². The van der Waals surface area contributed by atoms with Crippen LogP contribution in [0.4, 0.5) is 0 Å². The smallest absolute Gasteiger partial charge is 0.252 e. The SMILES string of the molecule is NC(=O)C[C@@H](NC(=O)c1cccc2ccccc12)c1ccccc1. The highest BCUT2D eigenvalue weighted by Crippen LogP contribution is 2.21. The number of nitrogens with two attached hydrogens (primary N) is 1. The molecule has 0 aliphatic carbocycles. The van der Waals surface area contributed by atoms with Gasteiger partial charge in [0.2, 0.25) is 5.91 Å². The number of fused-ring (bicyclic) bond motifs is 1. The third kappa shape index (κ3) is 3.43. The van der Waals surface area contributed by atoms with Crippen molar-refractivity contribution < 1.29 is 9.59 Å². The van der Waals surface area contributed by atoms with Crippen molar-refractivity contribution in [3.63, 3.8) is 0 Å². The third-order valence-corrected chi connectivity index (χ3v) is 3.95. The van der Waals surface area contributed by atoms with Crippen LogP contribution in [0.3, 0.4) is 0 Å². The summed E-state index contributed by atoms with van der Waals surface area (Å²) in [7, 11) is 0. The second kappa shape index (κ2) is 6.96. The Kier molecular flexibility index (Phi) is 4.57. The Bertz CT molecular complexity index is 870. The van der Waals surface area contributed by atoms with Crippen LogP contribution >= 0.6 is 0 Å². The summed E-state index contributed by atoms with van der Waals surface area (Å²) in [6, 6.07) is 22.2. The molecule has 4 nitrogen and oxygen atoms in total. The van der Waals surface area contributed by atoms with Crippen molar-refractivity contribution in [1.29, 1.82) is 0 Å². The molecule has 3 N–H and O–H groups in total. The Morgan fingerprint density at radius 3 is 2.29 bits per heavy atom. The van der Waals surface area contributed by atoms with E-state index in [1.807, 2.05) is 66.7 Å². The highest BCUT2D eigenvalue weighted by molar-refractivity contribution is 6.07. The molecule has 0 unspecified atom stereocenters. The van der Waals surface area contributed by atoms with Gasteiger partial charge in [0.15, 0.2) is 0 Å². The lowest BCUT2D eigenvalue weighted by atomic mass is 10.0. The molecule has 0 saturated carbocycles. The summed E-state index contributed by atoms with van der Waals surface area (Å²) in [6.07, 6.45) is 0.0561. The van der Waals surface area contributed by atoms with E-state index in [1.165, 1.54) is 0 Å². The van der Waals surface area contributed by atoms with Crippen LogP contribution in [-0.2, 0) is 4.79 Å². The van der Waals surface area contributed by atoms with Crippen molar-refractivity contribution in [2.24, 2.45) is 5.73 Å². The van der Waals surface area contributed by atoms with Crippen LogP contribution in [0.1, 0.15) is 28.4 Å².